The van der Waals surface area contributed by atoms with E-state index in [1.807, 2.05) is 0 Å². The number of nitro groups is 1. The lowest BCUT2D eigenvalue weighted by Crippen LogP contribution is -2.41. The van der Waals surface area contributed by atoms with Crippen LogP contribution < -0.4 is 5.32 Å². The highest BCUT2D eigenvalue weighted by atomic mass is 19.3. The number of rotatable bonds is 5. The molecular weight excluding hydrogens is 310 g/mol. The maximum atomic E-state index is 13.5. The van der Waals surface area contributed by atoms with Crippen LogP contribution in [0.1, 0.15) is 10.4 Å². The van der Waals surface area contributed by atoms with Crippen molar-refractivity contribution in [2.45, 2.75) is 12.3 Å². The zero-order valence-electron chi connectivity index (χ0n) is 9.88. The van der Waals surface area contributed by atoms with Crippen LogP contribution in [0.5, 0.6) is 0 Å². The molecule has 116 valence electrons. The average Bonchev–Trinajstić information content (AvgIpc) is 2.37. The van der Waals surface area contributed by atoms with Crippen LogP contribution in [0.25, 0.3) is 0 Å². The quantitative estimate of drug-likeness (QED) is 0.515. The van der Waals surface area contributed by atoms with E-state index in [0.717, 1.165) is 0 Å². The van der Waals surface area contributed by atoms with Crippen LogP contribution in [0.3, 0.4) is 0 Å². The fourth-order valence-electron chi connectivity index (χ4n) is 1.24. The van der Waals surface area contributed by atoms with Crippen molar-refractivity contribution >= 4 is 11.6 Å². The van der Waals surface area contributed by atoms with Gasteiger partial charge in [-0.25, -0.2) is 13.2 Å². The Morgan fingerprint density at radius 3 is 2.38 bits per heavy atom. The van der Waals surface area contributed by atoms with Crippen LogP contribution in [-0.2, 0) is 0 Å². The zero-order chi connectivity index (χ0) is 16.4. The molecule has 21 heavy (non-hydrogen) atoms. The van der Waals surface area contributed by atoms with Crippen LogP contribution in [0.4, 0.5) is 32.0 Å². The molecule has 1 rings (SSSR count). The summed E-state index contributed by atoms with van der Waals surface area (Å²) in [6.07, 6.45) is -4.08. The van der Waals surface area contributed by atoms with Crippen LogP contribution in [0.2, 0.25) is 0 Å². The van der Waals surface area contributed by atoms with Crippen LogP contribution in [0, 0.1) is 21.7 Å². The third-order valence-electron chi connectivity index (χ3n) is 2.26. The molecule has 1 N–H and O–H groups in total. The lowest BCUT2D eigenvalue weighted by molar-refractivity contribution is -0.387. The molecule has 0 fully saturated rings. The normalized spacial score (nSPS) is 11.6. The summed E-state index contributed by atoms with van der Waals surface area (Å²) in [5.74, 6) is -9.39. The van der Waals surface area contributed by atoms with Gasteiger partial charge in [0.1, 0.15) is 5.82 Å². The molecule has 1 aromatic rings. The van der Waals surface area contributed by atoms with Crippen molar-refractivity contribution in [1.29, 1.82) is 0 Å². The van der Waals surface area contributed by atoms with E-state index in [9.17, 15) is 41.3 Å². The maximum absolute atomic E-state index is 13.5. The van der Waals surface area contributed by atoms with Gasteiger partial charge in [-0.3, -0.25) is 14.9 Å². The van der Waals surface area contributed by atoms with Gasteiger partial charge in [0, 0.05) is 0 Å². The first-order valence-corrected chi connectivity index (χ1v) is 5.14. The highest BCUT2D eigenvalue weighted by Crippen LogP contribution is 2.24. The van der Waals surface area contributed by atoms with Gasteiger partial charge >= 0.3 is 18.0 Å². The molecule has 0 aromatic heterocycles. The Morgan fingerprint density at radius 2 is 1.90 bits per heavy atom. The molecule has 0 spiro atoms. The number of halogens is 6. The molecule has 0 bridgehead atoms. The van der Waals surface area contributed by atoms with Crippen molar-refractivity contribution in [3.63, 3.8) is 0 Å². The largest absolute Gasteiger partial charge is 0.346 e. The van der Waals surface area contributed by atoms with Gasteiger partial charge in [0.15, 0.2) is 0 Å². The van der Waals surface area contributed by atoms with Crippen molar-refractivity contribution in [2.75, 3.05) is 6.54 Å². The molecule has 0 radical (unpaired) electrons. The molecule has 0 aliphatic rings. The lowest BCUT2D eigenvalue weighted by Gasteiger charge is -2.15. The van der Waals surface area contributed by atoms with Gasteiger partial charge in [-0.15, -0.1) is 0 Å². The second-order valence-electron chi connectivity index (χ2n) is 3.79. The van der Waals surface area contributed by atoms with Gasteiger partial charge in [0.2, 0.25) is 5.82 Å². The van der Waals surface area contributed by atoms with E-state index in [4.69, 9.17) is 0 Å². The highest BCUT2D eigenvalue weighted by molar-refractivity contribution is 5.95. The Labute approximate surface area is 112 Å². The van der Waals surface area contributed by atoms with Crippen molar-refractivity contribution in [1.82, 2.24) is 5.32 Å². The van der Waals surface area contributed by atoms with E-state index in [1.54, 1.807) is 0 Å². The van der Waals surface area contributed by atoms with E-state index < -0.39 is 52.6 Å². The molecule has 11 heteroatoms. The number of alkyl halides is 4. The van der Waals surface area contributed by atoms with E-state index >= 15 is 0 Å². The Balaban J connectivity index is 3.01. The fourth-order valence-corrected chi connectivity index (χ4v) is 1.24. The van der Waals surface area contributed by atoms with Crippen LogP contribution in [0.15, 0.2) is 12.1 Å². The van der Waals surface area contributed by atoms with Gasteiger partial charge in [-0.2, -0.15) is 13.2 Å². The zero-order valence-corrected chi connectivity index (χ0v) is 9.88. The number of nitrogens with one attached hydrogen (secondary N) is 1. The Bertz CT molecular complexity index is 578. The van der Waals surface area contributed by atoms with Gasteiger partial charge < -0.3 is 5.32 Å². The second kappa shape index (κ2) is 5.97. The van der Waals surface area contributed by atoms with Crippen molar-refractivity contribution in [3.8, 4) is 0 Å². The standard InChI is InChI=1S/C10H6F6N2O3/c11-4-1-5(7(12)6(2-4)18(20)21)8(19)17-3-10(15,16)9(13)14/h1-2,9H,3H2,(H,17,19). The van der Waals surface area contributed by atoms with Crippen LogP contribution >= 0.6 is 0 Å². The third-order valence-corrected chi connectivity index (χ3v) is 2.26. The lowest BCUT2D eigenvalue weighted by atomic mass is 10.1. The molecule has 0 heterocycles. The van der Waals surface area contributed by atoms with Gasteiger partial charge in [0.25, 0.3) is 5.91 Å². The van der Waals surface area contributed by atoms with Gasteiger partial charge in [-0.05, 0) is 6.07 Å². The Morgan fingerprint density at radius 1 is 1.33 bits per heavy atom. The van der Waals surface area contributed by atoms with E-state index in [-0.39, 0.29) is 12.1 Å². The summed E-state index contributed by atoms with van der Waals surface area (Å²) in [6, 6.07) is 0.401. The number of nitro benzene ring substituents is 1. The first kappa shape index (κ1) is 16.7. The molecule has 0 unspecified atom stereocenters. The van der Waals surface area contributed by atoms with Gasteiger partial charge in [0.05, 0.1) is 23.1 Å². The summed E-state index contributed by atoms with van der Waals surface area (Å²) < 4.78 is 75.4. The maximum Gasteiger partial charge on any atom is 0.324 e. The molecule has 1 aromatic carbocycles. The van der Waals surface area contributed by atoms with E-state index in [2.05, 4.69) is 0 Å². The molecule has 0 saturated heterocycles. The summed E-state index contributed by atoms with van der Waals surface area (Å²) in [6.45, 7) is -1.84. The predicted octanol–water partition coefficient (Wildman–Crippen LogP) is 2.50. The molecular formula is C10H6F6N2O3. The summed E-state index contributed by atoms with van der Waals surface area (Å²) in [5.41, 5.74) is -2.63. The Kier molecular flexibility index (Phi) is 4.76. The first-order chi connectivity index (χ1) is 9.56. The number of nitrogens with zero attached hydrogens (tertiary/aromatic N) is 1. The van der Waals surface area contributed by atoms with Crippen molar-refractivity contribution < 1.29 is 36.1 Å². The smallest absolute Gasteiger partial charge is 0.324 e. The topological polar surface area (TPSA) is 72.2 Å². The number of hydrogen-bond donors (Lipinski definition) is 1. The number of carbonyl (C=O) groups is 1. The number of amides is 1. The molecule has 0 aliphatic carbocycles. The van der Waals surface area contributed by atoms with Crippen LogP contribution in [-0.4, -0.2) is 29.7 Å². The fraction of sp³-hybridized carbons (Fsp3) is 0.300. The first-order valence-electron chi connectivity index (χ1n) is 5.14. The number of carbonyl (C=O) groups excluding carboxylic acids is 1. The minimum absolute atomic E-state index is 0.180. The summed E-state index contributed by atoms with van der Waals surface area (Å²) >= 11 is 0. The third kappa shape index (κ3) is 3.83. The molecule has 5 nitrogen and oxygen atoms in total. The molecule has 0 atom stereocenters. The SMILES string of the molecule is O=C(NCC(F)(F)C(F)F)c1cc(F)cc([N+](=O)[O-])c1F. The summed E-state index contributed by atoms with van der Waals surface area (Å²) in [5, 5.41) is 11.7. The van der Waals surface area contributed by atoms with E-state index in [1.165, 1.54) is 5.32 Å². The van der Waals surface area contributed by atoms with Gasteiger partial charge in [-0.1, -0.05) is 0 Å². The minimum Gasteiger partial charge on any atom is -0.346 e. The predicted molar refractivity (Wildman–Crippen MR) is 56.3 cm³/mol. The van der Waals surface area contributed by atoms with E-state index in [0.29, 0.717) is 0 Å². The Hall–Kier alpha value is -2.33. The van der Waals surface area contributed by atoms with Crippen molar-refractivity contribution in [3.05, 3.63) is 39.4 Å². The minimum atomic E-state index is -4.58. The number of benzene rings is 1. The molecule has 0 aliphatic heterocycles. The number of hydrogen-bond acceptors (Lipinski definition) is 3. The summed E-state index contributed by atoms with van der Waals surface area (Å²) in [4.78, 5) is 20.4. The molecule has 0 saturated carbocycles. The highest BCUT2D eigenvalue weighted by Gasteiger charge is 2.41. The van der Waals surface area contributed by atoms with Crippen molar-refractivity contribution in [2.24, 2.45) is 0 Å². The average molecular weight is 316 g/mol. The second-order valence-corrected chi connectivity index (χ2v) is 3.79. The molecule has 1 amide bonds. The summed E-state index contributed by atoms with van der Waals surface area (Å²) in [7, 11) is 0. The monoisotopic (exact) mass is 316 g/mol.